The number of carbonyl (C=O) groups excluding carboxylic acids is 1. The maximum Gasteiger partial charge on any atom is 0.417 e. The van der Waals surface area contributed by atoms with Gasteiger partial charge >= 0.3 is 6.18 Å². The molecule has 3 aromatic rings. The van der Waals surface area contributed by atoms with E-state index in [2.05, 4.69) is 15.4 Å². The summed E-state index contributed by atoms with van der Waals surface area (Å²) in [5, 5.41) is 6.88. The molecule has 1 N–H and O–H groups in total. The van der Waals surface area contributed by atoms with Crippen molar-refractivity contribution in [1.29, 1.82) is 0 Å². The average molecular weight is 392 g/mol. The first-order chi connectivity index (χ1) is 12.8. The summed E-state index contributed by atoms with van der Waals surface area (Å²) in [6, 6.07) is 9.53. The number of benzene rings is 1. The first-order valence-corrected chi connectivity index (χ1v) is 9.05. The Kier molecular flexibility index (Phi) is 5.22. The molecule has 0 aliphatic heterocycles. The normalized spacial score (nSPS) is 11.4. The van der Waals surface area contributed by atoms with E-state index in [0.29, 0.717) is 16.9 Å². The van der Waals surface area contributed by atoms with Crippen LogP contribution in [0.3, 0.4) is 0 Å². The third-order valence-electron chi connectivity index (χ3n) is 3.87. The lowest BCUT2D eigenvalue weighted by Gasteiger charge is -2.09. The Morgan fingerprint density at radius 3 is 2.59 bits per heavy atom. The molecule has 2 aromatic heterocycles. The Balaban J connectivity index is 1.83. The van der Waals surface area contributed by atoms with Crippen LogP contribution in [0.4, 0.5) is 18.9 Å². The zero-order valence-electron chi connectivity index (χ0n) is 14.4. The van der Waals surface area contributed by atoms with Gasteiger partial charge in [0, 0.05) is 16.8 Å². The molecule has 0 unspecified atom stereocenters. The van der Waals surface area contributed by atoms with Crippen molar-refractivity contribution in [3.05, 3.63) is 65.6 Å². The second-order valence-electron chi connectivity index (χ2n) is 5.64. The monoisotopic (exact) mass is 392 g/mol. The van der Waals surface area contributed by atoms with E-state index < -0.39 is 11.7 Å². The van der Waals surface area contributed by atoms with Crippen LogP contribution in [0.15, 0.2) is 53.7 Å². The van der Waals surface area contributed by atoms with Gasteiger partial charge in [-0.3, -0.25) is 4.79 Å². The fraction of sp³-hybridized carbons (Fsp3) is 0.167. The summed E-state index contributed by atoms with van der Waals surface area (Å²) in [4.78, 5) is 17.3. The largest absolute Gasteiger partial charge is 0.417 e. The maximum atomic E-state index is 12.7. The topological polar surface area (TPSA) is 59.8 Å². The van der Waals surface area contributed by atoms with Gasteiger partial charge in [-0.15, -0.1) is 11.8 Å². The van der Waals surface area contributed by atoms with Gasteiger partial charge in [0.1, 0.15) is 0 Å². The van der Waals surface area contributed by atoms with E-state index in [1.165, 1.54) is 16.9 Å². The summed E-state index contributed by atoms with van der Waals surface area (Å²) in [7, 11) is 0. The van der Waals surface area contributed by atoms with Gasteiger partial charge in [-0.2, -0.15) is 18.3 Å². The van der Waals surface area contributed by atoms with Crippen molar-refractivity contribution in [3.8, 4) is 5.82 Å². The summed E-state index contributed by atoms with van der Waals surface area (Å²) in [5.74, 6) is -0.159. The zero-order valence-corrected chi connectivity index (χ0v) is 15.2. The molecular weight excluding hydrogens is 377 g/mol. The van der Waals surface area contributed by atoms with Crippen molar-refractivity contribution in [1.82, 2.24) is 14.8 Å². The van der Waals surface area contributed by atoms with Crippen molar-refractivity contribution in [2.24, 2.45) is 0 Å². The smallest absolute Gasteiger partial charge is 0.322 e. The number of amides is 1. The van der Waals surface area contributed by atoms with Crippen molar-refractivity contribution in [3.63, 3.8) is 0 Å². The van der Waals surface area contributed by atoms with Crippen LogP contribution in [-0.4, -0.2) is 26.9 Å². The molecule has 9 heteroatoms. The average Bonchev–Trinajstić information content (AvgIpc) is 3.03. The highest BCUT2D eigenvalue weighted by Crippen LogP contribution is 2.29. The minimum atomic E-state index is -4.46. The van der Waals surface area contributed by atoms with Gasteiger partial charge in [-0.1, -0.05) is 6.07 Å². The highest BCUT2D eigenvalue weighted by Gasteiger charge is 2.30. The van der Waals surface area contributed by atoms with E-state index in [4.69, 9.17) is 0 Å². The van der Waals surface area contributed by atoms with E-state index in [1.54, 1.807) is 24.8 Å². The lowest BCUT2D eigenvalue weighted by atomic mass is 10.2. The van der Waals surface area contributed by atoms with Gasteiger partial charge < -0.3 is 5.32 Å². The summed E-state index contributed by atoms with van der Waals surface area (Å²) < 4.78 is 39.3. The van der Waals surface area contributed by atoms with Gasteiger partial charge in [-0.05, 0) is 43.5 Å². The van der Waals surface area contributed by atoms with E-state index >= 15 is 0 Å². The lowest BCUT2D eigenvalue weighted by molar-refractivity contribution is -0.137. The molecule has 0 aliphatic rings. The van der Waals surface area contributed by atoms with Crippen LogP contribution in [0.5, 0.6) is 0 Å². The van der Waals surface area contributed by atoms with Crippen molar-refractivity contribution in [2.75, 3.05) is 11.6 Å². The summed E-state index contributed by atoms with van der Waals surface area (Å²) in [6.07, 6.45) is -0.417. The van der Waals surface area contributed by atoms with E-state index in [1.807, 2.05) is 24.5 Å². The lowest BCUT2D eigenvalue weighted by Crippen LogP contribution is -2.13. The third kappa shape index (κ3) is 4.13. The molecule has 3 rings (SSSR count). The number of carbonyl (C=O) groups is 1. The van der Waals surface area contributed by atoms with Crippen LogP contribution < -0.4 is 5.32 Å². The fourth-order valence-electron chi connectivity index (χ4n) is 2.44. The number of alkyl halides is 3. The Labute approximate surface area is 157 Å². The Hall–Kier alpha value is -2.81. The highest BCUT2D eigenvalue weighted by molar-refractivity contribution is 7.98. The molecule has 0 aliphatic carbocycles. The van der Waals surface area contributed by atoms with E-state index in [0.717, 1.165) is 17.2 Å². The number of pyridine rings is 1. The quantitative estimate of drug-likeness (QED) is 0.661. The minimum Gasteiger partial charge on any atom is -0.322 e. The number of hydrogen-bond acceptors (Lipinski definition) is 4. The highest BCUT2D eigenvalue weighted by atomic mass is 32.2. The number of halogens is 3. The SMILES string of the molecule is CSc1cccc(NC(=O)c2cnn(-c3ccc(C(F)(F)F)cn3)c2C)c1. The Morgan fingerprint density at radius 2 is 1.96 bits per heavy atom. The van der Waals surface area contributed by atoms with E-state index in [-0.39, 0.29) is 11.7 Å². The van der Waals surface area contributed by atoms with Crippen LogP contribution >= 0.6 is 11.8 Å². The number of hydrogen-bond donors (Lipinski definition) is 1. The second kappa shape index (κ2) is 7.43. The van der Waals surface area contributed by atoms with Gasteiger partial charge in [-0.25, -0.2) is 9.67 Å². The Morgan fingerprint density at radius 1 is 1.19 bits per heavy atom. The molecule has 0 bridgehead atoms. The molecule has 140 valence electrons. The first kappa shape index (κ1) is 19.0. The molecule has 1 aromatic carbocycles. The maximum absolute atomic E-state index is 12.7. The van der Waals surface area contributed by atoms with Crippen molar-refractivity contribution < 1.29 is 18.0 Å². The number of nitrogens with zero attached hydrogens (tertiary/aromatic N) is 3. The fourth-order valence-corrected chi connectivity index (χ4v) is 2.90. The molecule has 27 heavy (non-hydrogen) atoms. The standard InChI is InChI=1S/C18H15F3N4OS/c1-11-15(17(26)24-13-4-3-5-14(8-13)27-2)10-23-25(11)16-7-6-12(9-22-16)18(19,20)21/h3-10H,1-2H3,(H,24,26). The predicted molar refractivity (Wildman–Crippen MR) is 97.3 cm³/mol. The second-order valence-corrected chi connectivity index (χ2v) is 6.52. The van der Waals surface area contributed by atoms with Gasteiger partial charge in [0.2, 0.25) is 0 Å². The zero-order chi connectivity index (χ0) is 19.6. The molecule has 1 amide bonds. The van der Waals surface area contributed by atoms with Gasteiger partial charge in [0.25, 0.3) is 5.91 Å². The van der Waals surface area contributed by atoms with Gasteiger partial charge in [0.05, 0.1) is 23.0 Å². The first-order valence-electron chi connectivity index (χ1n) is 7.83. The van der Waals surface area contributed by atoms with Crippen molar-refractivity contribution in [2.45, 2.75) is 18.0 Å². The third-order valence-corrected chi connectivity index (χ3v) is 4.60. The molecule has 2 heterocycles. The van der Waals surface area contributed by atoms with Crippen LogP contribution in [0.25, 0.3) is 5.82 Å². The molecule has 0 radical (unpaired) electrons. The summed E-state index contributed by atoms with van der Waals surface area (Å²) in [5.41, 5.74) is 0.585. The molecule has 0 atom stereocenters. The minimum absolute atomic E-state index is 0.198. The Bertz CT molecular complexity index is 967. The van der Waals surface area contributed by atoms with Crippen LogP contribution in [0.1, 0.15) is 21.6 Å². The number of anilines is 1. The van der Waals surface area contributed by atoms with Crippen LogP contribution in [0.2, 0.25) is 0 Å². The molecule has 5 nitrogen and oxygen atoms in total. The molecule has 0 spiro atoms. The molecule has 0 saturated carbocycles. The number of aromatic nitrogens is 3. The number of thioether (sulfide) groups is 1. The number of nitrogens with one attached hydrogen (secondary N) is 1. The molecule has 0 fully saturated rings. The van der Waals surface area contributed by atoms with E-state index in [9.17, 15) is 18.0 Å². The summed E-state index contributed by atoms with van der Waals surface area (Å²) >= 11 is 1.56. The summed E-state index contributed by atoms with van der Waals surface area (Å²) in [6.45, 7) is 1.65. The molecular formula is C18H15F3N4OS. The molecule has 0 saturated heterocycles. The predicted octanol–water partition coefficient (Wildman–Crippen LogP) is 4.57. The van der Waals surface area contributed by atoms with Gasteiger partial charge in [0.15, 0.2) is 5.82 Å². The van der Waals surface area contributed by atoms with Crippen molar-refractivity contribution >= 4 is 23.4 Å². The van der Waals surface area contributed by atoms with Crippen LogP contribution in [-0.2, 0) is 6.18 Å². The van der Waals surface area contributed by atoms with Crippen LogP contribution in [0, 0.1) is 6.92 Å². The number of rotatable bonds is 4.